The van der Waals surface area contributed by atoms with Gasteiger partial charge in [-0.25, -0.2) is 9.59 Å². The van der Waals surface area contributed by atoms with Crippen LogP contribution in [0.25, 0.3) is 30.4 Å². The van der Waals surface area contributed by atoms with Gasteiger partial charge in [0.05, 0.1) is 41.7 Å². The molecule has 91 heavy (non-hydrogen) atoms. The Balaban J connectivity index is 0.000000390. The molecule has 0 heterocycles. The maximum absolute atomic E-state index is 11.9. The molecule has 0 fully saturated rings. The monoisotopic (exact) mass is 1240 g/mol. The molecule has 13 heteroatoms. The Morgan fingerprint density at radius 2 is 0.769 bits per heavy atom. The van der Waals surface area contributed by atoms with Crippen molar-refractivity contribution in [1.29, 1.82) is 0 Å². The molecule has 6 aromatic rings. The molecular formula is C78H99NO12. The lowest BCUT2D eigenvalue weighted by Crippen LogP contribution is -2.26. The molecule has 1 N–H and O–H groups in total. The summed E-state index contributed by atoms with van der Waals surface area (Å²) in [6.07, 6.45) is 21.3. The molecule has 1 amide bonds. The Labute approximate surface area is 543 Å². The highest BCUT2D eigenvalue weighted by Gasteiger charge is 2.22. The van der Waals surface area contributed by atoms with Crippen molar-refractivity contribution in [2.45, 2.75) is 120 Å². The molecule has 6 rings (SSSR count). The Kier molecular flexibility index (Phi) is 37.9. The number of rotatable bonds is 27. The molecule has 4 unspecified atom stereocenters. The van der Waals surface area contributed by atoms with Crippen LogP contribution in [0.5, 0.6) is 34.5 Å². The highest BCUT2D eigenvalue weighted by molar-refractivity contribution is 5.97. The number of hydrogen-bond donors (Lipinski definition) is 1. The average molecular weight is 1240 g/mol. The van der Waals surface area contributed by atoms with Crippen molar-refractivity contribution >= 4 is 59.8 Å². The Morgan fingerprint density at radius 3 is 1.11 bits per heavy atom. The lowest BCUT2D eigenvalue weighted by atomic mass is 9.85. The van der Waals surface area contributed by atoms with Crippen LogP contribution < -0.4 is 33.7 Å². The fourth-order valence-electron chi connectivity index (χ4n) is 7.24. The first-order valence-corrected chi connectivity index (χ1v) is 31.1. The van der Waals surface area contributed by atoms with E-state index in [1.54, 1.807) is 72.0 Å². The van der Waals surface area contributed by atoms with Gasteiger partial charge in [-0.15, -0.1) is 0 Å². The summed E-state index contributed by atoms with van der Waals surface area (Å²) in [7, 11) is 8.14. The Morgan fingerprint density at radius 1 is 0.418 bits per heavy atom. The molecule has 0 radical (unpaired) electrons. The van der Waals surface area contributed by atoms with Gasteiger partial charge >= 0.3 is 11.9 Å². The van der Waals surface area contributed by atoms with Gasteiger partial charge in [-0.3, -0.25) is 14.4 Å². The number of benzene rings is 6. The van der Waals surface area contributed by atoms with E-state index in [0.29, 0.717) is 17.6 Å². The molecule has 488 valence electrons. The molecule has 0 aliphatic rings. The van der Waals surface area contributed by atoms with E-state index in [0.717, 1.165) is 95.2 Å². The average Bonchev–Trinajstić information content (AvgIpc) is 3.64. The van der Waals surface area contributed by atoms with Gasteiger partial charge in [0, 0.05) is 36.1 Å². The molecule has 0 bridgehead atoms. The van der Waals surface area contributed by atoms with Crippen molar-refractivity contribution < 1.29 is 57.1 Å². The van der Waals surface area contributed by atoms with Crippen LogP contribution in [-0.2, 0) is 28.7 Å². The number of esters is 2. The summed E-state index contributed by atoms with van der Waals surface area (Å²) in [4.78, 5) is 58.2. The van der Waals surface area contributed by atoms with Crippen molar-refractivity contribution in [1.82, 2.24) is 5.32 Å². The number of allylic oxidation sites excluding steroid dienone is 2. The number of nitrogens with one attached hydrogen (secondary N) is 1. The van der Waals surface area contributed by atoms with Crippen LogP contribution in [0.15, 0.2) is 176 Å². The summed E-state index contributed by atoms with van der Waals surface area (Å²) in [6.45, 7) is 23.1. The van der Waals surface area contributed by atoms with Crippen LogP contribution in [0, 0.1) is 17.3 Å². The first kappa shape index (κ1) is 77.9. The van der Waals surface area contributed by atoms with Crippen LogP contribution in [0.1, 0.15) is 148 Å². The second kappa shape index (κ2) is 44.3. The third-order valence-electron chi connectivity index (χ3n) is 14.8. The summed E-state index contributed by atoms with van der Waals surface area (Å²) in [5, 5.41) is 2.88. The first-order chi connectivity index (χ1) is 43.6. The third-order valence-corrected chi connectivity index (χ3v) is 14.8. The van der Waals surface area contributed by atoms with Crippen molar-refractivity contribution in [3.63, 3.8) is 0 Å². The molecule has 0 saturated heterocycles. The number of carbonyl (C=O) groups excluding carboxylic acids is 5. The smallest absolute Gasteiger partial charge is 0.336 e. The van der Waals surface area contributed by atoms with Gasteiger partial charge in [0.2, 0.25) is 5.91 Å². The normalized spacial score (nSPS) is 12.3. The van der Waals surface area contributed by atoms with E-state index in [2.05, 4.69) is 33.0 Å². The molecule has 13 nitrogen and oxygen atoms in total. The van der Waals surface area contributed by atoms with Crippen molar-refractivity contribution in [2.24, 2.45) is 17.3 Å². The summed E-state index contributed by atoms with van der Waals surface area (Å²) in [6, 6.07) is 45.4. The highest BCUT2D eigenvalue weighted by Crippen LogP contribution is 2.24. The maximum Gasteiger partial charge on any atom is 0.336 e. The largest absolute Gasteiger partial charge is 0.497 e. The van der Waals surface area contributed by atoms with E-state index in [9.17, 15) is 24.0 Å². The minimum atomic E-state index is -0.392. The predicted molar refractivity (Wildman–Crippen MR) is 373 cm³/mol. The maximum atomic E-state index is 11.9. The van der Waals surface area contributed by atoms with Gasteiger partial charge in [0.1, 0.15) is 34.5 Å². The fourth-order valence-corrected chi connectivity index (χ4v) is 7.24. The molecule has 0 aromatic heterocycles. The zero-order valence-corrected chi connectivity index (χ0v) is 56.6. The predicted octanol–water partition coefficient (Wildman–Crippen LogP) is 17.8. The first-order valence-electron chi connectivity index (χ1n) is 31.1. The van der Waals surface area contributed by atoms with E-state index < -0.39 is 5.97 Å². The van der Waals surface area contributed by atoms with E-state index in [1.807, 2.05) is 206 Å². The standard InChI is InChI=1S/C20H22O3.C15H21NO2.C15H20O2.C14H18O3.C14H18O2/c1-4-15(2)17-8-12-19(13-9-17)23-20(21)14-7-16-5-10-18(22-3)11-6-16;1-4-12(2)11-16-15(17)10-7-13-5-8-14(18-3)9-6-13;1-5-15(2,3)14(16)11-8-12-6-9-13(17-4)10-7-12;1-4-11(2)17-14(15)10-7-12-5-8-13(16-3)9-6-12;1-4-11(2)14(15)10-7-12-5-8-13(16-3)9-6-12/h5-15H,4H2,1-3H3;5-10,12H,4,11H2,1-3H3,(H,16,17);6-11H,5H2,1-4H3;5-11H,4H2,1-3H3;5-11H,4H2,1-3H3/b14-7+;10-7+;11-8+;2*10-7+. The van der Waals surface area contributed by atoms with Gasteiger partial charge in [0.15, 0.2) is 11.6 Å². The Bertz CT molecular complexity index is 3190. The number of amides is 1. The van der Waals surface area contributed by atoms with Gasteiger partial charge in [0.25, 0.3) is 0 Å². The van der Waals surface area contributed by atoms with Crippen molar-refractivity contribution in [2.75, 3.05) is 42.1 Å². The molecule has 4 atom stereocenters. The SMILES string of the molecule is CCC(C)(C)C(=O)/C=C/c1ccc(OC)cc1.CCC(C)C(=O)/C=C/c1ccc(OC)cc1.CCC(C)CNC(=O)/C=C/c1ccc(OC)cc1.CCC(C)OC(=O)/C=C/c1ccc(OC)cc1.CCC(C)c1ccc(OC(=O)/C=C/c2ccc(OC)cc2)cc1. The van der Waals surface area contributed by atoms with E-state index >= 15 is 0 Å². The van der Waals surface area contributed by atoms with E-state index in [4.69, 9.17) is 33.2 Å². The van der Waals surface area contributed by atoms with Gasteiger partial charge in [-0.2, -0.15) is 0 Å². The van der Waals surface area contributed by atoms with Crippen LogP contribution in [0.4, 0.5) is 0 Å². The summed E-state index contributed by atoms with van der Waals surface area (Å²) < 4.78 is 35.8. The zero-order chi connectivity index (χ0) is 67.6. The number of ether oxygens (including phenoxy) is 7. The molecule has 0 aliphatic heterocycles. The zero-order valence-electron chi connectivity index (χ0n) is 56.6. The van der Waals surface area contributed by atoms with Gasteiger partial charge < -0.3 is 38.5 Å². The minimum Gasteiger partial charge on any atom is -0.497 e. The van der Waals surface area contributed by atoms with Gasteiger partial charge in [-0.05, 0) is 181 Å². The lowest BCUT2D eigenvalue weighted by molar-refractivity contribution is -0.142. The second-order valence-electron chi connectivity index (χ2n) is 22.1. The van der Waals surface area contributed by atoms with Crippen molar-refractivity contribution in [3.05, 3.63) is 209 Å². The quantitative estimate of drug-likeness (QED) is 0.0296. The summed E-state index contributed by atoms with van der Waals surface area (Å²) in [5.74, 6) is 5.32. The highest BCUT2D eigenvalue weighted by atomic mass is 16.5. The lowest BCUT2D eigenvalue weighted by Gasteiger charge is -2.18. The summed E-state index contributed by atoms with van der Waals surface area (Å²) >= 11 is 0. The number of ketones is 2. The van der Waals surface area contributed by atoms with Crippen molar-refractivity contribution in [3.8, 4) is 34.5 Å². The topological polar surface area (TPSA) is 162 Å². The molecule has 0 spiro atoms. The number of hydrogen-bond acceptors (Lipinski definition) is 12. The fraction of sp³-hybridized carbons (Fsp3) is 0.346. The number of carbonyl (C=O) groups is 5. The molecule has 0 saturated carbocycles. The third kappa shape index (κ3) is 32.7. The van der Waals surface area contributed by atoms with E-state index in [1.165, 1.54) is 17.7 Å². The minimum absolute atomic E-state index is 0.0389. The van der Waals surface area contributed by atoms with Crippen LogP contribution in [-0.4, -0.2) is 77.6 Å². The molecule has 0 aliphatic carbocycles. The van der Waals surface area contributed by atoms with Gasteiger partial charge in [-0.1, -0.05) is 161 Å². The summed E-state index contributed by atoms with van der Waals surface area (Å²) in [5.41, 5.74) is 5.82. The molecule has 6 aromatic carbocycles. The van der Waals surface area contributed by atoms with Crippen LogP contribution in [0.2, 0.25) is 0 Å². The number of methoxy groups -OCH3 is 5. The Hall–Kier alpha value is -9.23. The van der Waals surface area contributed by atoms with Crippen LogP contribution >= 0.6 is 0 Å². The molecular weight excluding hydrogens is 1140 g/mol. The van der Waals surface area contributed by atoms with Crippen LogP contribution in [0.3, 0.4) is 0 Å². The van der Waals surface area contributed by atoms with E-state index in [-0.39, 0.29) is 40.9 Å². The second-order valence-corrected chi connectivity index (χ2v) is 22.1.